The molecule has 0 saturated heterocycles. The van der Waals surface area contributed by atoms with Gasteiger partial charge in [-0.05, 0) is 31.3 Å². The number of aliphatic imine (C=N–C) groups is 1. The number of nitrogens with two attached hydrogens (primary N) is 1. The Morgan fingerprint density at radius 3 is 2.88 bits per heavy atom. The SMILES string of the molecule is C=CC1=C(N=C)Oc2ccccc2C[C@H]1CN. The largest absolute Gasteiger partial charge is 0.438 e. The van der Waals surface area contributed by atoms with Crippen LogP contribution in [0.3, 0.4) is 0 Å². The zero-order valence-corrected chi connectivity index (χ0v) is 9.73. The van der Waals surface area contributed by atoms with Gasteiger partial charge in [-0.25, -0.2) is 4.99 Å². The highest BCUT2D eigenvalue weighted by atomic mass is 16.5. The van der Waals surface area contributed by atoms with Gasteiger partial charge in [-0.15, -0.1) is 0 Å². The van der Waals surface area contributed by atoms with Crippen LogP contribution in [0.1, 0.15) is 5.56 Å². The first-order valence-electron chi connectivity index (χ1n) is 5.59. The molecule has 1 aliphatic rings. The number of para-hydroxylation sites is 1. The molecule has 0 bridgehead atoms. The van der Waals surface area contributed by atoms with E-state index in [1.54, 1.807) is 6.08 Å². The molecule has 3 heteroatoms. The van der Waals surface area contributed by atoms with Gasteiger partial charge in [0.25, 0.3) is 0 Å². The highest BCUT2D eigenvalue weighted by Crippen LogP contribution is 2.32. The predicted octanol–water partition coefficient (Wildman–Crippen LogP) is 2.29. The second-order valence-electron chi connectivity index (χ2n) is 3.97. The molecule has 3 nitrogen and oxygen atoms in total. The van der Waals surface area contributed by atoms with Gasteiger partial charge in [-0.1, -0.05) is 30.9 Å². The van der Waals surface area contributed by atoms with Crippen LogP contribution in [0.5, 0.6) is 5.75 Å². The molecule has 17 heavy (non-hydrogen) atoms. The van der Waals surface area contributed by atoms with E-state index in [0.29, 0.717) is 12.4 Å². The lowest BCUT2D eigenvalue weighted by molar-refractivity contribution is 0.415. The first-order chi connectivity index (χ1) is 8.30. The average molecular weight is 228 g/mol. The summed E-state index contributed by atoms with van der Waals surface area (Å²) in [5.41, 5.74) is 7.88. The molecule has 1 aromatic carbocycles. The van der Waals surface area contributed by atoms with E-state index >= 15 is 0 Å². The zero-order chi connectivity index (χ0) is 12.3. The Labute approximate surface area is 101 Å². The Morgan fingerprint density at radius 2 is 2.24 bits per heavy atom. The van der Waals surface area contributed by atoms with E-state index in [1.807, 2.05) is 24.3 Å². The number of benzene rings is 1. The predicted molar refractivity (Wildman–Crippen MR) is 70.1 cm³/mol. The molecule has 0 amide bonds. The summed E-state index contributed by atoms with van der Waals surface area (Å²) in [7, 11) is 0. The average Bonchev–Trinajstić information content (AvgIpc) is 2.53. The molecule has 2 rings (SSSR count). The van der Waals surface area contributed by atoms with Crippen LogP contribution in [-0.2, 0) is 6.42 Å². The molecular formula is C14H16N2O. The third-order valence-corrected chi connectivity index (χ3v) is 2.98. The summed E-state index contributed by atoms with van der Waals surface area (Å²) in [5, 5.41) is 0. The summed E-state index contributed by atoms with van der Waals surface area (Å²) < 4.78 is 5.77. The molecule has 0 aromatic heterocycles. The Balaban J connectivity index is 2.51. The summed E-state index contributed by atoms with van der Waals surface area (Å²) in [6, 6.07) is 7.91. The van der Waals surface area contributed by atoms with E-state index in [0.717, 1.165) is 23.3 Å². The second-order valence-corrected chi connectivity index (χ2v) is 3.97. The highest BCUT2D eigenvalue weighted by Gasteiger charge is 2.22. The van der Waals surface area contributed by atoms with Crippen LogP contribution >= 0.6 is 0 Å². The molecule has 1 heterocycles. The smallest absolute Gasteiger partial charge is 0.222 e. The van der Waals surface area contributed by atoms with E-state index in [4.69, 9.17) is 10.5 Å². The van der Waals surface area contributed by atoms with Gasteiger partial charge in [0.15, 0.2) is 0 Å². The van der Waals surface area contributed by atoms with Crippen LogP contribution in [0, 0.1) is 5.92 Å². The van der Waals surface area contributed by atoms with Crippen molar-refractivity contribution in [1.82, 2.24) is 0 Å². The molecule has 1 atom stereocenters. The quantitative estimate of drug-likeness (QED) is 0.807. The van der Waals surface area contributed by atoms with Gasteiger partial charge in [-0.3, -0.25) is 0 Å². The van der Waals surface area contributed by atoms with Gasteiger partial charge in [-0.2, -0.15) is 0 Å². The monoisotopic (exact) mass is 228 g/mol. The highest BCUT2D eigenvalue weighted by molar-refractivity contribution is 5.42. The fourth-order valence-electron chi connectivity index (χ4n) is 2.07. The molecular weight excluding hydrogens is 212 g/mol. The number of rotatable bonds is 3. The standard InChI is InChI=1S/C14H16N2O/c1-3-12-11(9-15)8-10-6-4-5-7-13(10)17-14(12)16-2/h3-7,11H,1-2,8-9,15H2/t11-/m0/s1. The van der Waals surface area contributed by atoms with Crippen LogP contribution in [-0.4, -0.2) is 13.3 Å². The van der Waals surface area contributed by atoms with E-state index < -0.39 is 0 Å². The zero-order valence-electron chi connectivity index (χ0n) is 9.73. The summed E-state index contributed by atoms with van der Waals surface area (Å²) in [6.07, 6.45) is 2.60. The maximum absolute atomic E-state index is 5.81. The summed E-state index contributed by atoms with van der Waals surface area (Å²) in [6.45, 7) is 7.89. The number of nitrogens with zero attached hydrogens (tertiary/aromatic N) is 1. The molecule has 0 unspecified atom stereocenters. The summed E-state index contributed by atoms with van der Waals surface area (Å²) >= 11 is 0. The molecule has 1 aromatic rings. The summed E-state index contributed by atoms with van der Waals surface area (Å²) in [4.78, 5) is 3.94. The number of fused-ring (bicyclic) bond motifs is 1. The Kier molecular flexibility index (Phi) is 3.40. The summed E-state index contributed by atoms with van der Waals surface area (Å²) in [5.74, 6) is 1.52. The second kappa shape index (κ2) is 4.97. The maximum atomic E-state index is 5.81. The van der Waals surface area contributed by atoms with Crippen molar-refractivity contribution < 1.29 is 4.74 Å². The van der Waals surface area contributed by atoms with E-state index in [9.17, 15) is 0 Å². The lowest BCUT2D eigenvalue weighted by Crippen LogP contribution is -2.18. The minimum absolute atomic E-state index is 0.177. The fourth-order valence-corrected chi connectivity index (χ4v) is 2.07. The van der Waals surface area contributed by atoms with Crippen LogP contribution in [0.15, 0.2) is 53.4 Å². The molecule has 0 fully saturated rings. The molecule has 1 aliphatic heterocycles. The van der Waals surface area contributed by atoms with Crippen LogP contribution in [0.25, 0.3) is 0 Å². The first-order valence-corrected chi connectivity index (χ1v) is 5.59. The molecule has 88 valence electrons. The van der Waals surface area contributed by atoms with E-state index in [-0.39, 0.29) is 5.92 Å². The van der Waals surface area contributed by atoms with Crippen molar-refractivity contribution in [3.05, 3.63) is 53.9 Å². The van der Waals surface area contributed by atoms with Crippen molar-refractivity contribution in [2.75, 3.05) is 6.54 Å². The lowest BCUT2D eigenvalue weighted by atomic mass is 9.92. The number of allylic oxidation sites excluding steroid dienone is 1. The topological polar surface area (TPSA) is 47.6 Å². The van der Waals surface area contributed by atoms with Crippen molar-refractivity contribution in [1.29, 1.82) is 0 Å². The number of hydrogen-bond donors (Lipinski definition) is 1. The molecule has 0 aliphatic carbocycles. The van der Waals surface area contributed by atoms with Gasteiger partial charge in [0.1, 0.15) is 5.75 Å². The van der Waals surface area contributed by atoms with Crippen molar-refractivity contribution in [2.45, 2.75) is 6.42 Å². The molecule has 0 saturated carbocycles. The minimum Gasteiger partial charge on any atom is -0.438 e. The number of ether oxygens (including phenoxy) is 1. The molecule has 0 spiro atoms. The van der Waals surface area contributed by atoms with Crippen LogP contribution in [0.4, 0.5) is 0 Å². The third kappa shape index (κ3) is 2.15. The van der Waals surface area contributed by atoms with Crippen molar-refractivity contribution in [3.8, 4) is 5.75 Å². The van der Waals surface area contributed by atoms with Gasteiger partial charge in [0, 0.05) is 11.5 Å². The first kappa shape index (κ1) is 11.6. The Hall–Kier alpha value is -1.87. The minimum atomic E-state index is 0.177. The van der Waals surface area contributed by atoms with Crippen molar-refractivity contribution in [2.24, 2.45) is 16.6 Å². The normalized spacial score (nSPS) is 19.0. The van der Waals surface area contributed by atoms with Crippen molar-refractivity contribution in [3.63, 3.8) is 0 Å². The van der Waals surface area contributed by atoms with Gasteiger partial charge in [0.2, 0.25) is 5.88 Å². The van der Waals surface area contributed by atoms with Crippen molar-refractivity contribution >= 4 is 6.72 Å². The third-order valence-electron chi connectivity index (χ3n) is 2.98. The molecule has 2 N–H and O–H groups in total. The molecule has 0 radical (unpaired) electrons. The Morgan fingerprint density at radius 1 is 1.47 bits per heavy atom. The van der Waals surface area contributed by atoms with Crippen LogP contribution in [0.2, 0.25) is 0 Å². The Bertz CT molecular complexity index is 477. The number of hydrogen-bond acceptors (Lipinski definition) is 3. The fraction of sp³-hybridized carbons (Fsp3) is 0.214. The lowest BCUT2D eigenvalue weighted by Gasteiger charge is -2.13. The van der Waals surface area contributed by atoms with E-state index in [2.05, 4.69) is 18.3 Å². The van der Waals surface area contributed by atoms with E-state index in [1.165, 1.54) is 0 Å². The van der Waals surface area contributed by atoms with Gasteiger partial charge < -0.3 is 10.5 Å². The van der Waals surface area contributed by atoms with Gasteiger partial charge >= 0.3 is 0 Å². The maximum Gasteiger partial charge on any atom is 0.222 e. The van der Waals surface area contributed by atoms with Crippen LogP contribution < -0.4 is 10.5 Å². The van der Waals surface area contributed by atoms with Gasteiger partial charge in [0.05, 0.1) is 0 Å².